The third-order valence-electron chi connectivity index (χ3n) is 4.50. The SMILES string of the molecule is CC(=O)c1ccc(S(=O)(=O)Nc2ccccc2C(=O)NC[C@@H]2CCCO2)cc1. The number of carbonyl (C=O) groups excluding carboxylic acids is 2. The largest absolute Gasteiger partial charge is 0.376 e. The number of benzene rings is 2. The van der Waals surface area contributed by atoms with Gasteiger partial charge in [-0.3, -0.25) is 14.3 Å². The molecule has 0 bridgehead atoms. The average Bonchev–Trinajstić information content (AvgIpc) is 3.20. The molecule has 2 aromatic rings. The van der Waals surface area contributed by atoms with Gasteiger partial charge < -0.3 is 10.1 Å². The van der Waals surface area contributed by atoms with Gasteiger partial charge in [0.25, 0.3) is 15.9 Å². The second-order valence-electron chi connectivity index (χ2n) is 6.58. The van der Waals surface area contributed by atoms with Crippen molar-refractivity contribution in [2.45, 2.75) is 30.8 Å². The van der Waals surface area contributed by atoms with Crippen LogP contribution in [0, 0.1) is 0 Å². The highest BCUT2D eigenvalue weighted by molar-refractivity contribution is 7.92. The molecule has 1 atom stereocenters. The molecule has 148 valence electrons. The third kappa shape index (κ3) is 4.76. The highest BCUT2D eigenvalue weighted by Gasteiger charge is 2.21. The van der Waals surface area contributed by atoms with Crippen molar-refractivity contribution in [3.63, 3.8) is 0 Å². The number of Topliss-reactive ketones (excluding diaryl/α,β-unsaturated/α-hetero) is 1. The second kappa shape index (κ2) is 8.53. The molecule has 0 saturated carbocycles. The van der Waals surface area contributed by atoms with Crippen LogP contribution in [0.1, 0.15) is 40.5 Å². The predicted octanol–water partition coefficient (Wildman–Crippen LogP) is 2.60. The minimum Gasteiger partial charge on any atom is -0.376 e. The molecule has 2 N–H and O–H groups in total. The summed E-state index contributed by atoms with van der Waals surface area (Å²) in [5.41, 5.74) is 0.834. The Morgan fingerprint density at radius 1 is 1.11 bits per heavy atom. The van der Waals surface area contributed by atoms with Gasteiger partial charge in [0.15, 0.2) is 5.78 Å². The second-order valence-corrected chi connectivity index (χ2v) is 8.26. The number of ether oxygens (including phenoxy) is 1. The Kier molecular flexibility index (Phi) is 6.11. The number of amides is 1. The van der Waals surface area contributed by atoms with Crippen LogP contribution in [0.2, 0.25) is 0 Å². The molecule has 0 spiro atoms. The first-order valence-electron chi connectivity index (χ1n) is 8.99. The summed E-state index contributed by atoms with van der Waals surface area (Å²) in [5.74, 6) is -0.522. The molecular weight excluding hydrogens is 380 g/mol. The maximum atomic E-state index is 12.7. The first-order valence-corrected chi connectivity index (χ1v) is 10.5. The van der Waals surface area contributed by atoms with Gasteiger partial charge in [-0.05, 0) is 44.0 Å². The lowest BCUT2D eigenvalue weighted by Gasteiger charge is -2.14. The highest BCUT2D eigenvalue weighted by Crippen LogP contribution is 2.21. The molecule has 0 radical (unpaired) electrons. The maximum Gasteiger partial charge on any atom is 0.261 e. The number of rotatable bonds is 7. The zero-order chi connectivity index (χ0) is 20.1. The van der Waals surface area contributed by atoms with E-state index in [-0.39, 0.29) is 33.9 Å². The van der Waals surface area contributed by atoms with Crippen LogP contribution in [0.15, 0.2) is 53.4 Å². The van der Waals surface area contributed by atoms with Gasteiger partial charge in [0, 0.05) is 18.7 Å². The molecule has 8 heteroatoms. The number of anilines is 1. The van der Waals surface area contributed by atoms with Crippen molar-refractivity contribution in [2.75, 3.05) is 17.9 Å². The summed E-state index contributed by atoms with van der Waals surface area (Å²) in [7, 11) is -3.91. The molecule has 1 amide bonds. The minimum atomic E-state index is -3.91. The lowest BCUT2D eigenvalue weighted by Crippen LogP contribution is -2.32. The number of hydrogen-bond acceptors (Lipinski definition) is 5. The van der Waals surface area contributed by atoms with Gasteiger partial charge in [-0.15, -0.1) is 0 Å². The van der Waals surface area contributed by atoms with Crippen LogP contribution in [-0.4, -0.2) is 39.4 Å². The summed E-state index contributed by atoms with van der Waals surface area (Å²) in [5, 5.41) is 2.79. The normalized spacial score (nSPS) is 16.5. The summed E-state index contributed by atoms with van der Waals surface area (Å²) in [6.07, 6.45) is 1.86. The van der Waals surface area contributed by atoms with Gasteiger partial charge in [0.05, 0.1) is 22.3 Å². The lowest BCUT2D eigenvalue weighted by molar-refractivity contribution is 0.0858. The molecule has 0 unspecified atom stereocenters. The average molecular weight is 402 g/mol. The van der Waals surface area contributed by atoms with Crippen LogP contribution in [0.25, 0.3) is 0 Å². The van der Waals surface area contributed by atoms with E-state index in [0.717, 1.165) is 12.8 Å². The number of nitrogens with one attached hydrogen (secondary N) is 2. The Hall–Kier alpha value is -2.71. The fourth-order valence-electron chi connectivity index (χ4n) is 2.95. The Labute approximate surface area is 164 Å². The minimum absolute atomic E-state index is 0.00654. The van der Waals surface area contributed by atoms with E-state index >= 15 is 0 Å². The Morgan fingerprint density at radius 2 is 1.82 bits per heavy atom. The van der Waals surface area contributed by atoms with E-state index in [1.807, 2.05) is 0 Å². The van der Waals surface area contributed by atoms with Crippen molar-refractivity contribution in [1.82, 2.24) is 5.32 Å². The number of sulfonamides is 1. The zero-order valence-corrected chi connectivity index (χ0v) is 16.3. The summed E-state index contributed by atoms with van der Waals surface area (Å²) in [6.45, 7) is 2.49. The highest BCUT2D eigenvalue weighted by atomic mass is 32.2. The van der Waals surface area contributed by atoms with Gasteiger partial charge in [-0.2, -0.15) is 0 Å². The molecule has 28 heavy (non-hydrogen) atoms. The van der Waals surface area contributed by atoms with Gasteiger partial charge in [0.2, 0.25) is 0 Å². The molecule has 1 aliphatic heterocycles. The van der Waals surface area contributed by atoms with Crippen molar-refractivity contribution in [3.05, 3.63) is 59.7 Å². The Balaban J connectivity index is 1.76. The first-order chi connectivity index (χ1) is 13.4. The number of carbonyl (C=O) groups is 2. The molecule has 3 rings (SSSR count). The summed E-state index contributed by atoms with van der Waals surface area (Å²) in [4.78, 5) is 23.9. The van der Waals surface area contributed by atoms with Crippen LogP contribution in [0.5, 0.6) is 0 Å². The van der Waals surface area contributed by atoms with Gasteiger partial charge >= 0.3 is 0 Å². The van der Waals surface area contributed by atoms with E-state index in [9.17, 15) is 18.0 Å². The molecule has 0 aliphatic carbocycles. The molecule has 7 nitrogen and oxygen atoms in total. The standard InChI is InChI=1S/C20H22N2O5S/c1-14(23)15-8-10-17(11-9-15)28(25,26)22-19-7-3-2-6-18(19)20(24)21-13-16-5-4-12-27-16/h2-3,6-11,16,22H,4-5,12-13H2,1H3,(H,21,24)/t16-/m0/s1. The third-order valence-corrected chi connectivity index (χ3v) is 5.88. The maximum absolute atomic E-state index is 12.7. The van der Waals surface area contributed by atoms with Crippen molar-refractivity contribution >= 4 is 27.4 Å². The van der Waals surface area contributed by atoms with Crippen LogP contribution in [0.4, 0.5) is 5.69 Å². The fraction of sp³-hybridized carbons (Fsp3) is 0.300. The van der Waals surface area contributed by atoms with Crippen LogP contribution in [0.3, 0.4) is 0 Å². The van der Waals surface area contributed by atoms with E-state index in [0.29, 0.717) is 18.7 Å². The van der Waals surface area contributed by atoms with E-state index in [2.05, 4.69) is 10.0 Å². The molecule has 1 saturated heterocycles. The van der Waals surface area contributed by atoms with Crippen molar-refractivity contribution in [2.24, 2.45) is 0 Å². The van der Waals surface area contributed by atoms with E-state index in [4.69, 9.17) is 4.74 Å². The van der Waals surface area contributed by atoms with E-state index in [1.54, 1.807) is 18.2 Å². The van der Waals surface area contributed by atoms with Crippen LogP contribution >= 0.6 is 0 Å². The van der Waals surface area contributed by atoms with E-state index < -0.39 is 10.0 Å². The first kappa shape index (κ1) is 20.0. The molecule has 1 aliphatic rings. The summed E-state index contributed by atoms with van der Waals surface area (Å²) in [6, 6.07) is 12.0. The van der Waals surface area contributed by atoms with Crippen LogP contribution in [-0.2, 0) is 14.8 Å². The number of para-hydroxylation sites is 1. The lowest BCUT2D eigenvalue weighted by atomic mass is 10.1. The molecular formula is C20H22N2O5S. The molecule has 1 fully saturated rings. The van der Waals surface area contributed by atoms with Crippen molar-refractivity contribution in [3.8, 4) is 0 Å². The monoisotopic (exact) mass is 402 g/mol. The number of hydrogen-bond donors (Lipinski definition) is 2. The topological polar surface area (TPSA) is 102 Å². The zero-order valence-electron chi connectivity index (χ0n) is 15.5. The summed E-state index contributed by atoms with van der Waals surface area (Å²) < 4.78 is 33.3. The molecule has 2 aromatic carbocycles. The summed E-state index contributed by atoms with van der Waals surface area (Å²) >= 11 is 0. The molecule has 1 heterocycles. The van der Waals surface area contributed by atoms with Crippen molar-refractivity contribution in [1.29, 1.82) is 0 Å². The van der Waals surface area contributed by atoms with Crippen molar-refractivity contribution < 1.29 is 22.7 Å². The fourth-order valence-corrected chi connectivity index (χ4v) is 4.03. The smallest absolute Gasteiger partial charge is 0.261 e. The van der Waals surface area contributed by atoms with Crippen LogP contribution < -0.4 is 10.0 Å². The quantitative estimate of drug-likeness (QED) is 0.693. The predicted molar refractivity (Wildman–Crippen MR) is 105 cm³/mol. The van der Waals surface area contributed by atoms with E-state index in [1.165, 1.54) is 37.3 Å². The van der Waals surface area contributed by atoms with Gasteiger partial charge in [0.1, 0.15) is 0 Å². The number of ketones is 1. The molecule has 0 aromatic heterocycles. The van der Waals surface area contributed by atoms with Gasteiger partial charge in [-0.25, -0.2) is 8.42 Å². The Morgan fingerprint density at radius 3 is 2.46 bits per heavy atom. The Bertz CT molecular complexity index is 964. The van der Waals surface area contributed by atoms with Gasteiger partial charge in [-0.1, -0.05) is 24.3 Å².